The minimum Gasteiger partial charge on any atom is -0.489 e. The number of nitriles is 1. The van der Waals surface area contributed by atoms with Gasteiger partial charge in [-0.25, -0.2) is 0 Å². The number of carbonyl (C=O) groups is 1. The van der Waals surface area contributed by atoms with Crippen LogP contribution in [-0.4, -0.2) is 5.78 Å². The third-order valence-corrected chi connectivity index (χ3v) is 8.00. The molecular weight excluding hydrogens is 562 g/mol. The monoisotopic (exact) mass is 587 g/mol. The van der Waals surface area contributed by atoms with E-state index in [0.717, 1.165) is 44.5 Å². The van der Waals surface area contributed by atoms with Crippen molar-refractivity contribution in [1.29, 1.82) is 5.26 Å². The predicted octanol–water partition coefficient (Wildman–Crippen LogP) is 7.60. The van der Waals surface area contributed by atoms with E-state index in [4.69, 9.17) is 22.1 Å². The molecule has 0 saturated carbocycles. The van der Waals surface area contributed by atoms with Gasteiger partial charge in [-0.1, -0.05) is 45.2 Å². The zero-order valence-electron chi connectivity index (χ0n) is 21.2. The molecule has 0 saturated heterocycles. The SMILES string of the molecule is Cc1cc(COc2ccc(Cl)cc2)c(C)c(C2C(C#N)=C(N)N(c3ccc(Br)cc3)C3=C2C(=O)CCC3)c1. The molecule has 0 amide bonds. The number of rotatable bonds is 5. The summed E-state index contributed by atoms with van der Waals surface area (Å²) in [5, 5.41) is 11.0. The summed E-state index contributed by atoms with van der Waals surface area (Å²) in [6, 6.07) is 21.5. The van der Waals surface area contributed by atoms with Crippen molar-refractivity contribution in [2.24, 2.45) is 5.73 Å². The molecule has 5 rings (SSSR count). The van der Waals surface area contributed by atoms with Gasteiger partial charge in [0.05, 0.1) is 17.6 Å². The van der Waals surface area contributed by atoms with Gasteiger partial charge in [-0.15, -0.1) is 0 Å². The largest absolute Gasteiger partial charge is 0.489 e. The van der Waals surface area contributed by atoms with Gasteiger partial charge in [0, 0.05) is 32.9 Å². The number of hydrogen-bond donors (Lipinski definition) is 1. The Hall–Kier alpha value is -3.53. The molecule has 1 heterocycles. The van der Waals surface area contributed by atoms with Crippen LogP contribution in [0, 0.1) is 25.2 Å². The lowest BCUT2D eigenvalue weighted by molar-refractivity contribution is -0.116. The van der Waals surface area contributed by atoms with Gasteiger partial charge in [0.15, 0.2) is 5.78 Å². The Labute approximate surface area is 236 Å². The number of allylic oxidation sites excluding steroid dienone is 3. The molecule has 1 aliphatic heterocycles. The third-order valence-electron chi connectivity index (χ3n) is 7.22. The van der Waals surface area contributed by atoms with Gasteiger partial charge >= 0.3 is 0 Å². The standard InChI is InChI=1S/C31H27BrClN3O2/c1-18-14-20(17-38-24-12-8-22(33)9-13-24)19(2)25(15-18)29-26(16-34)31(35)36(23-10-6-21(32)7-11-23)27-4-3-5-28(37)30(27)29/h6-15,29H,3-5,17,35H2,1-2H3. The molecule has 0 aromatic heterocycles. The Morgan fingerprint density at radius 1 is 1.11 bits per heavy atom. The predicted molar refractivity (Wildman–Crippen MR) is 154 cm³/mol. The highest BCUT2D eigenvalue weighted by molar-refractivity contribution is 9.10. The summed E-state index contributed by atoms with van der Waals surface area (Å²) in [5.74, 6) is 0.629. The fourth-order valence-corrected chi connectivity index (χ4v) is 5.78. The number of ketones is 1. The van der Waals surface area contributed by atoms with Gasteiger partial charge < -0.3 is 10.5 Å². The molecule has 0 spiro atoms. The Bertz CT molecular complexity index is 1520. The van der Waals surface area contributed by atoms with Crippen molar-refractivity contribution in [2.75, 3.05) is 4.90 Å². The fraction of sp³-hybridized carbons (Fsp3) is 0.226. The first-order chi connectivity index (χ1) is 18.3. The van der Waals surface area contributed by atoms with Gasteiger partial charge in [-0.05, 0) is 91.9 Å². The number of hydrogen-bond acceptors (Lipinski definition) is 5. The van der Waals surface area contributed by atoms with E-state index in [9.17, 15) is 10.1 Å². The number of anilines is 1. The molecular formula is C31H27BrClN3O2. The topological polar surface area (TPSA) is 79.3 Å². The number of aryl methyl sites for hydroxylation is 1. The molecule has 1 aliphatic carbocycles. The lowest BCUT2D eigenvalue weighted by Crippen LogP contribution is -2.39. The van der Waals surface area contributed by atoms with Crippen LogP contribution in [0.1, 0.15) is 47.4 Å². The van der Waals surface area contributed by atoms with E-state index >= 15 is 0 Å². The molecule has 192 valence electrons. The summed E-state index contributed by atoms with van der Waals surface area (Å²) < 4.78 is 7.00. The minimum absolute atomic E-state index is 0.0680. The highest BCUT2D eigenvalue weighted by atomic mass is 79.9. The smallest absolute Gasteiger partial charge is 0.161 e. The summed E-state index contributed by atoms with van der Waals surface area (Å²) in [5.41, 5.74) is 13.4. The van der Waals surface area contributed by atoms with E-state index in [1.165, 1.54) is 0 Å². The molecule has 7 heteroatoms. The summed E-state index contributed by atoms with van der Waals surface area (Å²) in [4.78, 5) is 15.4. The second-order valence-corrected chi connectivity index (χ2v) is 11.0. The van der Waals surface area contributed by atoms with Crippen LogP contribution in [0.3, 0.4) is 0 Å². The molecule has 2 aliphatic rings. The molecule has 0 fully saturated rings. The number of halogens is 2. The second kappa shape index (κ2) is 10.7. The maximum atomic E-state index is 13.5. The molecule has 3 aromatic carbocycles. The molecule has 2 N–H and O–H groups in total. The Balaban J connectivity index is 1.62. The van der Waals surface area contributed by atoms with Gasteiger partial charge in [-0.2, -0.15) is 5.26 Å². The molecule has 38 heavy (non-hydrogen) atoms. The number of Topliss-reactive ketones (excluding diaryl/α,β-unsaturated/α-hetero) is 1. The average Bonchev–Trinajstić information content (AvgIpc) is 2.90. The first kappa shape index (κ1) is 26.1. The van der Waals surface area contributed by atoms with Gasteiger partial charge in [0.25, 0.3) is 0 Å². The summed E-state index contributed by atoms with van der Waals surface area (Å²) in [6.07, 6.45) is 1.92. The number of ether oxygens (including phenoxy) is 1. The number of benzene rings is 3. The Morgan fingerprint density at radius 2 is 1.82 bits per heavy atom. The first-order valence-corrected chi connectivity index (χ1v) is 13.7. The van der Waals surface area contributed by atoms with Crippen molar-refractivity contribution >= 4 is 39.0 Å². The lowest BCUT2D eigenvalue weighted by atomic mass is 9.73. The van der Waals surface area contributed by atoms with Crippen molar-refractivity contribution in [3.63, 3.8) is 0 Å². The number of nitrogens with zero attached hydrogens (tertiary/aromatic N) is 2. The highest BCUT2D eigenvalue weighted by Gasteiger charge is 2.41. The van der Waals surface area contributed by atoms with E-state index in [1.54, 1.807) is 12.1 Å². The maximum absolute atomic E-state index is 13.5. The first-order valence-electron chi connectivity index (χ1n) is 12.5. The quantitative estimate of drug-likeness (QED) is 0.332. The van der Waals surface area contributed by atoms with E-state index < -0.39 is 5.92 Å². The van der Waals surface area contributed by atoms with Crippen LogP contribution in [0.15, 0.2) is 87.8 Å². The summed E-state index contributed by atoms with van der Waals surface area (Å²) in [7, 11) is 0. The van der Waals surface area contributed by atoms with Gasteiger partial charge in [0.2, 0.25) is 0 Å². The number of carbonyl (C=O) groups excluding carboxylic acids is 1. The molecule has 0 radical (unpaired) electrons. The Kier molecular flexibility index (Phi) is 7.34. The molecule has 5 nitrogen and oxygen atoms in total. The zero-order chi connectivity index (χ0) is 27.0. The molecule has 1 atom stereocenters. The highest BCUT2D eigenvalue weighted by Crippen LogP contribution is 2.47. The fourth-order valence-electron chi connectivity index (χ4n) is 5.39. The normalized spacial score (nSPS) is 17.4. The van der Waals surface area contributed by atoms with Crippen molar-refractivity contribution < 1.29 is 9.53 Å². The van der Waals surface area contributed by atoms with Crippen molar-refractivity contribution in [1.82, 2.24) is 0 Å². The van der Waals surface area contributed by atoms with Crippen molar-refractivity contribution in [2.45, 2.75) is 45.6 Å². The molecule has 3 aromatic rings. The van der Waals surface area contributed by atoms with E-state index in [-0.39, 0.29) is 5.78 Å². The average molecular weight is 589 g/mol. The van der Waals surface area contributed by atoms with Crippen LogP contribution >= 0.6 is 27.5 Å². The zero-order valence-corrected chi connectivity index (χ0v) is 23.6. The van der Waals surface area contributed by atoms with Gasteiger partial charge in [0.1, 0.15) is 18.2 Å². The lowest BCUT2D eigenvalue weighted by Gasteiger charge is -2.40. The van der Waals surface area contributed by atoms with Crippen LogP contribution < -0.4 is 15.4 Å². The van der Waals surface area contributed by atoms with E-state index in [2.05, 4.69) is 34.1 Å². The van der Waals surface area contributed by atoms with Crippen LogP contribution in [0.2, 0.25) is 5.02 Å². The van der Waals surface area contributed by atoms with Crippen LogP contribution in [0.4, 0.5) is 5.69 Å². The van der Waals surface area contributed by atoms with Gasteiger partial charge in [-0.3, -0.25) is 9.69 Å². The minimum atomic E-state index is -0.524. The van der Waals surface area contributed by atoms with E-state index in [0.29, 0.717) is 47.2 Å². The van der Waals surface area contributed by atoms with Crippen molar-refractivity contribution in [3.05, 3.63) is 115 Å². The van der Waals surface area contributed by atoms with Crippen LogP contribution in [0.25, 0.3) is 0 Å². The Morgan fingerprint density at radius 3 is 2.50 bits per heavy atom. The van der Waals surface area contributed by atoms with Crippen LogP contribution in [0.5, 0.6) is 5.75 Å². The summed E-state index contributed by atoms with van der Waals surface area (Å²) in [6.45, 7) is 4.39. The summed E-state index contributed by atoms with van der Waals surface area (Å²) >= 11 is 9.50. The maximum Gasteiger partial charge on any atom is 0.161 e. The number of nitrogens with two attached hydrogens (primary N) is 1. The molecule has 1 unspecified atom stereocenters. The van der Waals surface area contributed by atoms with Crippen molar-refractivity contribution in [3.8, 4) is 11.8 Å². The third kappa shape index (κ3) is 4.84. The van der Waals surface area contributed by atoms with E-state index in [1.807, 2.05) is 55.1 Å². The van der Waals surface area contributed by atoms with Crippen LogP contribution in [-0.2, 0) is 11.4 Å². The second-order valence-electron chi connectivity index (χ2n) is 9.67. The molecule has 0 bridgehead atoms.